The molecule has 4 rings (SSSR count). The summed E-state index contributed by atoms with van der Waals surface area (Å²) in [4.78, 5) is 22.5. The summed E-state index contributed by atoms with van der Waals surface area (Å²) in [6, 6.07) is 8.06. The maximum Gasteiger partial charge on any atom is 0.303 e. The summed E-state index contributed by atoms with van der Waals surface area (Å²) in [6.07, 6.45) is 9.70. The Kier molecular flexibility index (Phi) is 7.81. The fraction of sp³-hybridized carbons (Fsp3) is 0.444. The quantitative estimate of drug-likeness (QED) is 0.516. The van der Waals surface area contributed by atoms with Crippen molar-refractivity contribution in [2.45, 2.75) is 32.1 Å². The first-order chi connectivity index (χ1) is 16.5. The fourth-order valence-electron chi connectivity index (χ4n) is 4.93. The lowest BCUT2D eigenvalue weighted by Crippen LogP contribution is -2.41. The molecule has 1 aliphatic rings. The van der Waals surface area contributed by atoms with E-state index < -0.39 is 5.97 Å². The Bertz CT molecular complexity index is 1190. The first kappa shape index (κ1) is 23.8. The molecule has 1 aliphatic heterocycles. The predicted octanol–water partition coefficient (Wildman–Crippen LogP) is 3.76. The van der Waals surface area contributed by atoms with Crippen molar-refractivity contribution >= 4 is 16.9 Å². The van der Waals surface area contributed by atoms with Gasteiger partial charge in [-0.05, 0) is 79.8 Å². The smallest absolute Gasteiger partial charge is 0.303 e. The minimum Gasteiger partial charge on any atom is -0.497 e. The number of aromatic nitrogens is 3. The third-order valence-electron chi connectivity index (χ3n) is 6.80. The topological polar surface area (TPSA) is 80.5 Å². The number of nitrogens with zero attached hydrogens (tertiary/aromatic N) is 4. The third kappa shape index (κ3) is 5.95. The van der Waals surface area contributed by atoms with Crippen molar-refractivity contribution in [3.8, 4) is 17.6 Å². The normalized spacial score (nSPS) is 18.4. The zero-order valence-corrected chi connectivity index (χ0v) is 19.9. The number of carboxylic acids is 1. The number of carbonyl (C=O) groups is 1. The van der Waals surface area contributed by atoms with Crippen LogP contribution in [0.5, 0.6) is 5.75 Å². The highest BCUT2D eigenvalue weighted by Crippen LogP contribution is 2.31. The van der Waals surface area contributed by atoms with Gasteiger partial charge < -0.3 is 14.4 Å². The molecule has 1 fully saturated rings. The second kappa shape index (κ2) is 11.2. The average molecular weight is 461 g/mol. The van der Waals surface area contributed by atoms with E-state index in [1.165, 1.54) is 5.56 Å². The zero-order valence-electron chi connectivity index (χ0n) is 19.9. The summed E-state index contributed by atoms with van der Waals surface area (Å²) in [7, 11) is 3.60. The molecule has 0 unspecified atom stereocenters. The number of methoxy groups -OCH3 is 1. The van der Waals surface area contributed by atoms with Gasteiger partial charge in [0.1, 0.15) is 5.75 Å². The van der Waals surface area contributed by atoms with Gasteiger partial charge in [-0.25, -0.2) is 4.98 Å². The Hall–Kier alpha value is -3.37. The van der Waals surface area contributed by atoms with E-state index in [2.05, 4.69) is 38.8 Å². The van der Waals surface area contributed by atoms with Crippen LogP contribution >= 0.6 is 0 Å². The number of benzene rings is 1. The first-order valence-electron chi connectivity index (χ1n) is 11.9. The number of aryl methyl sites for hydroxylation is 2. The Balaban J connectivity index is 1.35. The molecule has 7 heteroatoms. The lowest BCUT2D eigenvalue weighted by atomic mass is 9.80. The van der Waals surface area contributed by atoms with Gasteiger partial charge in [-0.1, -0.05) is 5.92 Å². The van der Waals surface area contributed by atoms with Crippen molar-refractivity contribution in [3.63, 3.8) is 0 Å². The van der Waals surface area contributed by atoms with Crippen LogP contribution in [0.25, 0.3) is 10.9 Å². The molecule has 178 valence electrons. The fourth-order valence-corrected chi connectivity index (χ4v) is 4.93. The molecule has 1 aromatic carbocycles. The molecule has 0 spiro atoms. The van der Waals surface area contributed by atoms with Crippen molar-refractivity contribution in [2.75, 3.05) is 26.7 Å². The van der Waals surface area contributed by atoms with Gasteiger partial charge in [-0.2, -0.15) is 0 Å². The van der Waals surface area contributed by atoms with Crippen LogP contribution in [-0.2, 0) is 18.3 Å². The number of hydrogen-bond donors (Lipinski definition) is 1. The van der Waals surface area contributed by atoms with Crippen molar-refractivity contribution in [2.24, 2.45) is 18.9 Å². The first-order valence-corrected chi connectivity index (χ1v) is 11.9. The second-order valence-electron chi connectivity index (χ2n) is 9.05. The summed E-state index contributed by atoms with van der Waals surface area (Å²) < 4.78 is 7.29. The predicted molar refractivity (Wildman–Crippen MR) is 132 cm³/mol. The van der Waals surface area contributed by atoms with E-state index in [1.54, 1.807) is 13.3 Å². The summed E-state index contributed by atoms with van der Waals surface area (Å²) in [5.74, 6) is 7.75. The van der Waals surface area contributed by atoms with Gasteiger partial charge >= 0.3 is 5.97 Å². The molecule has 2 atom stereocenters. The van der Waals surface area contributed by atoms with E-state index in [4.69, 9.17) is 4.74 Å². The lowest BCUT2D eigenvalue weighted by Gasteiger charge is -2.37. The summed E-state index contributed by atoms with van der Waals surface area (Å²) in [5, 5.41) is 10.6. The minimum atomic E-state index is -0.719. The summed E-state index contributed by atoms with van der Waals surface area (Å²) >= 11 is 0. The molecule has 0 radical (unpaired) electrons. The molecule has 1 N–H and O–H groups in total. The van der Waals surface area contributed by atoms with Gasteiger partial charge in [0.15, 0.2) is 5.82 Å². The monoisotopic (exact) mass is 460 g/mol. The van der Waals surface area contributed by atoms with E-state index in [0.29, 0.717) is 12.5 Å². The molecule has 0 bridgehead atoms. The number of ether oxygens (including phenoxy) is 1. The van der Waals surface area contributed by atoms with Crippen molar-refractivity contribution in [3.05, 3.63) is 54.2 Å². The van der Waals surface area contributed by atoms with E-state index in [1.807, 2.05) is 36.1 Å². The van der Waals surface area contributed by atoms with Crippen LogP contribution in [0, 0.1) is 23.7 Å². The van der Waals surface area contributed by atoms with Crippen LogP contribution in [0.2, 0.25) is 0 Å². The van der Waals surface area contributed by atoms with Gasteiger partial charge in [0, 0.05) is 44.0 Å². The molecular weight excluding hydrogens is 428 g/mol. The molecule has 1 saturated heterocycles. The van der Waals surface area contributed by atoms with Crippen LogP contribution in [0.15, 0.2) is 42.9 Å². The molecule has 0 saturated carbocycles. The van der Waals surface area contributed by atoms with Gasteiger partial charge in [-0.3, -0.25) is 14.7 Å². The molecule has 2 aromatic heterocycles. The molecule has 0 aliphatic carbocycles. The lowest BCUT2D eigenvalue weighted by molar-refractivity contribution is -0.139. The average Bonchev–Trinajstić information content (AvgIpc) is 3.24. The zero-order chi connectivity index (χ0) is 23.9. The molecular formula is C27H32N4O3. The SMILES string of the molecule is COc1ccc2nccc(CCC[C@@H]3CCN(CC#Cc4nccn4C)C[C@@H]3CC(=O)O)c2c1. The second-order valence-corrected chi connectivity index (χ2v) is 9.05. The van der Waals surface area contributed by atoms with Crippen LogP contribution < -0.4 is 4.74 Å². The van der Waals surface area contributed by atoms with E-state index >= 15 is 0 Å². The van der Waals surface area contributed by atoms with Crippen LogP contribution in [-0.4, -0.2) is 57.3 Å². The van der Waals surface area contributed by atoms with Crippen LogP contribution in [0.1, 0.15) is 37.1 Å². The third-order valence-corrected chi connectivity index (χ3v) is 6.80. The maximum atomic E-state index is 11.6. The number of aliphatic carboxylic acids is 1. The number of rotatable bonds is 8. The number of fused-ring (bicyclic) bond motifs is 1. The largest absolute Gasteiger partial charge is 0.497 e. The number of likely N-dealkylation sites (tertiary alicyclic amines) is 1. The Morgan fingerprint density at radius 3 is 2.88 bits per heavy atom. The number of carboxylic acid groups (broad SMARTS) is 1. The number of imidazole rings is 1. The highest BCUT2D eigenvalue weighted by Gasteiger charge is 2.30. The molecule has 7 nitrogen and oxygen atoms in total. The molecule has 3 heterocycles. The number of pyridine rings is 1. The highest BCUT2D eigenvalue weighted by atomic mass is 16.5. The minimum absolute atomic E-state index is 0.149. The highest BCUT2D eigenvalue weighted by molar-refractivity contribution is 5.83. The van der Waals surface area contributed by atoms with Gasteiger partial charge in [0.05, 0.1) is 19.2 Å². The maximum absolute atomic E-state index is 11.6. The summed E-state index contributed by atoms with van der Waals surface area (Å²) in [5.41, 5.74) is 2.24. The number of piperidine rings is 1. The van der Waals surface area contributed by atoms with Crippen LogP contribution in [0.3, 0.4) is 0 Å². The van der Waals surface area contributed by atoms with Crippen LogP contribution in [0.4, 0.5) is 0 Å². The van der Waals surface area contributed by atoms with E-state index in [0.717, 1.165) is 61.2 Å². The Morgan fingerprint density at radius 1 is 1.24 bits per heavy atom. The van der Waals surface area contributed by atoms with Gasteiger partial charge in [0.2, 0.25) is 0 Å². The van der Waals surface area contributed by atoms with Gasteiger partial charge in [-0.15, -0.1) is 0 Å². The van der Waals surface area contributed by atoms with Crippen molar-refractivity contribution in [1.29, 1.82) is 0 Å². The molecule has 3 aromatic rings. The molecule has 0 amide bonds. The van der Waals surface area contributed by atoms with E-state index in [-0.39, 0.29) is 12.3 Å². The Morgan fingerprint density at radius 2 is 2.12 bits per heavy atom. The molecule has 34 heavy (non-hydrogen) atoms. The number of hydrogen-bond acceptors (Lipinski definition) is 5. The van der Waals surface area contributed by atoms with E-state index in [9.17, 15) is 9.90 Å². The summed E-state index contributed by atoms with van der Waals surface area (Å²) in [6.45, 7) is 2.37. The van der Waals surface area contributed by atoms with Crippen molar-refractivity contribution in [1.82, 2.24) is 19.4 Å². The standard InChI is InChI=1S/C27H32N4O3/c1-30-16-13-29-26(30)7-4-14-31-15-11-20(22(19-31)17-27(32)33)5-3-6-21-10-12-28-25-9-8-23(34-2)18-24(21)25/h8-10,12-13,16,18,20,22H,3,5-6,11,14-15,17,19H2,1-2H3,(H,32,33)/t20-,22+/m1/s1. The van der Waals surface area contributed by atoms with Crippen molar-refractivity contribution < 1.29 is 14.6 Å². The van der Waals surface area contributed by atoms with Gasteiger partial charge in [0.25, 0.3) is 0 Å². The Labute approximate surface area is 200 Å².